The topological polar surface area (TPSA) is 62.5 Å². The average Bonchev–Trinajstić information content (AvgIpc) is 2.39. The fourth-order valence-electron chi connectivity index (χ4n) is 1.59. The summed E-state index contributed by atoms with van der Waals surface area (Å²) in [6.07, 6.45) is -0.625. The van der Waals surface area contributed by atoms with Gasteiger partial charge in [0.15, 0.2) is 0 Å². The highest BCUT2D eigenvalue weighted by Gasteiger charge is 2.29. The molecule has 4 heteroatoms. The Morgan fingerprint density at radius 2 is 1.82 bits per heavy atom. The van der Waals surface area contributed by atoms with E-state index in [0.29, 0.717) is 11.3 Å². The summed E-state index contributed by atoms with van der Waals surface area (Å²) in [4.78, 5) is 12.1. The van der Waals surface area contributed by atoms with Crippen LogP contribution in [0.5, 0.6) is 0 Å². The minimum Gasteiger partial charge on any atom is -0.466 e. The van der Waals surface area contributed by atoms with E-state index in [9.17, 15) is 9.90 Å². The Morgan fingerprint density at radius 1 is 1.29 bits per heavy atom. The lowest BCUT2D eigenvalue weighted by molar-refractivity contribution is 0.0707. The lowest BCUT2D eigenvalue weighted by Crippen LogP contribution is -2.51. The molecule has 0 aliphatic heterocycles. The highest BCUT2D eigenvalue weighted by Crippen LogP contribution is 2.21. The van der Waals surface area contributed by atoms with Crippen molar-refractivity contribution in [1.82, 2.24) is 5.32 Å². The van der Waals surface area contributed by atoms with E-state index in [4.69, 9.17) is 4.42 Å². The largest absolute Gasteiger partial charge is 0.466 e. The number of carbonyl (C=O) groups is 1. The van der Waals surface area contributed by atoms with Crippen molar-refractivity contribution < 1.29 is 14.3 Å². The van der Waals surface area contributed by atoms with E-state index < -0.39 is 11.6 Å². The zero-order valence-corrected chi connectivity index (χ0v) is 11.3. The fourth-order valence-corrected chi connectivity index (χ4v) is 1.59. The van der Waals surface area contributed by atoms with Crippen LogP contribution in [0.4, 0.5) is 0 Å². The minimum atomic E-state index is -0.666. The predicted molar refractivity (Wildman–Crippen MR) is 66.1 cm³/mol. The Labute approximate surface area is 102 Å². The maximum atomic E-state index is 12.1. The number of aliphatic hydroxyl groups is 1. The van der Waals surface area contributed by atoms with Gasteiger partial charge < -0.3 is 14.8 Å². The molecule has 17 heavy (non-hydrogen) atoms. The van der Waals surface area contributed by atoms with Crippen LogP contribution < -0.4 is 5.32 Å². The maximum absolute atomic E-state index is 12.1. The summed E-state index contributed by atoms with van der Waals surface area (Å²) in [5.41, 5.74) is 0.749. The van der Waals surface area contributed by atoms with Crippen molar-refractivity contribution in [1.29, 1.82) is 0 Å². The third-order valence-corrected chi connectivity index (χ3v) is 3.27. The van der Waals surface area contributed by atoms with Crippen molar-refractivity contribution in [3.05, 3.63) is 22.6 Å². The Morgan fingerprint density at radius 3 is 2.18 bits per heavy atom. The van der Waals surface area contributed by atoms with Gasteiger partial charge in [0.1, 0.15) is 11.5 Å². The van der Waals surface area contributed by atoms with Gasteiger partial charge in [-0.3, -0.25) is 4.79 Å². The van der Waals surface area contributed by atoms with Gasteiger partial charge in [0.2, 0.25) is 0 Å². The zero-order chi connectivity index (χ0) is 13.4. The van der Waals surface area contributed by atoms with Gasteiger partial charge in [-0.05, 0) is 41.5 Å². The molecular formula is C13H21NO3. The molecule has 4 nitrogen and oxygen atoms in total. The quantitative estimate of drug-likeness (QED) is 0.849. The molecular weight excluding hydrogens is 218 g/mol. The molecule has 1 rings (SSSR count). The van der Waals surface area contributed by atoms with Crippen LogP contribution in [0.1, 0.15) is 48.2 Å². The van der Waals surface area contributed by atoms with Crippen molar-refractivity contribution >= 4 is 5.91 Å². The standard InChI is InChI=1S/C13H21NO3/c1-7-8(2)17-9(3)11(7)12(16)14-13(5,6)10(4)15/h10,15H,1-6H3,(H,14,16). The highest BCUT2D eigenvalue weighted by molar-refractivity contribution is 5.97. The summed E-state index contributed by atoms with van der Waals surface area (Å²) < 4.78 is 5.42. The lowest BCUT2D eigenvalue weighted by Gasteiger charge is -2.29. The summed E-state index contributed by atoms with van der Waals surface area (Å²) >= 11 is 0. The second-order valence-corrected chi connectivity index (χ2v) is 5.07. The van der Waals surface area contributed by atoms with Crippen molar-refractivity contribution in [3.8, 4) is 0 Å². The van der Waals surface area contributed by atoms with Crippen LogP contribution in [-0.4, -0.2) is 22.7 Å². The summed E-state index contributed by atoms with van der Waals surface area (Å²) in [5, 5.41) is 12.4. The molecule has 96 valence electrons. The predicted octanol–water partition coefficient (Wildman–Crippen LogP) is 2.09. The van der Waals surface area contributed by atoms with Crippen LogP contribution in [0.3, 0.4) is 0 Å². The molecule has 1 aromatic heterocycles. The fraction of sp³-hybridized carbons (Fsp3) is 0.615. The first-order valence-corrected chi connectivity index (χ1v) is 5.74. The molecule has 1 atom stereocenters. The number of carbonyl (C=O) groups excluding carboxylic acids is 1. The summed E-state index contributed by atoms with van der Waals surface area (Å²) in [5.74, 6) is 1.16. The molecule has 0 aliphatic rings. The third-order valence-electron chi connectivity index (χ3n) is 3.27. The normalized spacial score (nSPS) is 13.6. The first-order valence-electron chi connectivity index (χ1n) is 5.74. The number of hydrogen-bond acceptors (Lipinski definition) is 3. The van der Waals surface area contributed by atoms with Gasteiger partial charge in [-0.1, -0.05) is 0 Å². The number of amides is 1. The molecule has 2 N–H and O–H groups in total. The van der Waals surface area contributed by atoms with E-state index in [1.807, 2.05) is 13.8 Å². The van der Waals surface area contributed by atoms with Crippen LogP contribution >= 0.6 is 0 Å². The number of nitrogens with one attached hydrogen (secondary N) is 1. The van der Waals surface area contributed by atoms with Crippen LogP contribution in [0.15, 0.2) is 4.42 Å². The zero-order valence-electron chi connectivity index (χ0n) is 11.3. The molecule has 0 spiro atoms. The smallest absolute Gasteiger partial charge is 0.255 e. The molecule has 1 heterocycles. The molecule has 0 saturated carbocycles. The van der Waals surface area contributed by atoms with Gasteiger partial charge in [-0.15, -0.1) is 0 Å². The van der Waals surface area contributed by atoms with Crippen molar-refractivity contribution in [2.75, 3.05) is 0 Å². The van der Waals surface area contributed by atoms with Crippen molar-refractivity contribution in [2.45, 2.75) is 53.2 Å². The monoisotopic (exact) mass is 239 g/mol. The molecule has 0 aliphatic carbocycles. The summed E-state index contributed by atoms with van der Waals surface area (Å²) in [6, 6.07) is 0. The molecule has 1 aromatic rings. The highest BCUT2D eigenvalue weighted by atomic mass is 16.3. The van der Waals surface area contributed by atoms with E-state index in [0.717, 1.165) is 11.3 Å². The van der Waals surface area contributed by atoms with Gasteiger partial charge in [0.25, 0.3) is 5.91 Å². The van der Waals surface area contributed by atoms with Gasteiger partial charge in [0.05, 0.1) is 17.2 Å². The molecule has 1 amide bonds. The number of hydrogen-bond donors (Lipinski definition) is 2. The third kappa shape index (κ3) is 2.69. The molecule has 0 fully saturated rings. The lowest BCUT2D eigenvalue weighted by atomic mass is 9.97. The summed E-state index contributed by atoms with van der Waals surface area (Å²) in [7, 11) is 0. The van der Waals surface area contributed by atoms with Crippen LogP contribution in [-0.2, 0) is 0 Å². The van der Waals surface area contributed by atoms with E-state index >= 15 is 0 Å². The Bertz CT molecular complexity index is 430. The molecule has 0 bridgehead atoms. The number of furan rings is 1. The Kier molecular flexibility index (Phi) is 3.67. The SMILES string of the molecule is Cc1oc(C)c(C(=O)NC(C)(C)C(C)O)c1C. The van der Waals surface area contributed by atoms with Gasteiger partial charge in [-0.25, -0.2) is 0 Å². The maximum Gasteiger partial charge on any atom is 0.255 e. The van der Waals surface area contributed by atoms with Crippen molar-refractivity contribution in [3.63, 3.8) is 0 Å². The molecule has 0 radical (unpaired) electrons. The molecule has 1 unspecified atom stereocenters. The Hall–Kier alpha value is -1.29. The molecule has 0 saturated heterocycles. The molecule has 0 aromatic carbocycles. The van der Waals surface area contributed by atoms with E-state index in [1.54, 1.807) is 27.7 Å². The Balaban J connectivity index is 2.99. The van der Waals surface area contributed by atoms with Gasteiger partial charge in [-0.2, -0.15) is 0 Å². The number of aliphatic hydroxyl groups excluding tert-OH is 1. The minimum absolute atomic E-state index is 0.206. The van der Waals surface area contributed by atoms with E-state index in [2.05, 4.69) is 5.32 Å². The number of aryl methyl sites for hydroxylation is 2. The van der Waals surface area contributed by atoms with Gasteiger partial charge in [0, 0.05) is 5.56 Å². The van der Waals surface area contributed by atoms with Crippen molar-refractivity contribution in [2.24, 2.45) is 0 Å². The van der Waals surface area contributed by atoms with Crippen LogP contribution in [0.2, 0.25) is 0 Å². The van der Waals surface area contributed by atoms with Crippen LogP contribution in [0.25, 0.3) is 0 Å². The average molecular weight is 239 g/mol. The van der Waals surface area contributed by atoms with E-state index in [-0.39, 0.29) is 5.91 Å². The van der Waals surface area contributed by atoms with Gasteiger partial charge >= 0.3 is 0 Å². The number of rotatable bonds is 3. The summed E-state index contributed by atoms with van der Waals surface area (Å²) in [6.45, 7) is 10.7. The first-order chi connectivity index (χ1) is 7.66. The second-order valence-electron chi connectivity index (χ2n) is 5.07. The van der Waals surface area contributed by atoms with Crippen LogP contribution in [0, 0.1) is 20.8 Å². The second kappa shape index (κ2) is 4.53. The first kappa shape index (κ1) is 13.8. The van der Waals surface area contributed by atoms with E-state index in [1.165, 1.54) is 0 Å².